The summed E-state index contributed by atoms with van der Waals surface area (Å²) < 4.78 is 24.5. The zero-order valence-corrected chi connectivity index (χ0v) is 21.1. The molecule has 0 aromatic carbocycles. The number of ether oxygens (including phenoxy) is 1. The Morgan fingerprint density at radius 1 is 1.00 bits per heavy atom. The van der Waals surface area contributed by atoms with Crippen LogP contribution in [0.2, 0.25) is 58.4 Å². The van der Waals surface area contributed by atoms with Gasteiger partial charge in [0.25, 0.3) is 0 Å². The molecule has 5 nitrogen and oxygen atoms in total. The second kappa shape index (κ2) is 9.60. The van der Waals surface area contributed by atoms with Crippen LogP contribution in [0.5, 0.6) is 0 Å². The van der Waals surface area contributed by atoms with Gasteiger partial charge in [-0.25, -0.2) is 4.79 Å². The molecule has 0 spiro atoms. The number of hydrogen-bond acceptors (Lipinski definition) is 5. The van der Waals surface area contributed by atoms with Crippen molar-refractivity contribution in [2.75, 3.05) is 6.61 Å². The van der Waals surface area contributed by atoms with Gasteiger partial charge >= 0.3 is 14.8 Å². The van der Waals surface area contributed by atoms with Gasteiger partial charge in [-0.1, -0.05) is 13.5 Å². The SMILES string of the molecule is C=C(C[Si](O[SiH](C)C)(O[Si](C)(C)C)O[Si](C)(C)C)C(=O)OCCC. The minimum atomic E-state index is -3.01. The summed E-state index contributed by atoms with van der Waals surface area (Å²) in [5.74, 6) is -0.374. The summed E-state index contributed by atoms with van der Waals surface area (Å²) in [7, 11) is -8.28. The van der Waals surface area contributed by atoms with Crippen molar-refractivity contribution in [2.45, 2.75) is 71.8 Å². The Morgan fingerprint density at radius 2 is 1.46 bits per heavy atom. The van der Waals surface area contributed by atoms with Crippen LogP contribution < -0.4 is 0 Å². The summed E-state index contributed by atoms with van der Waals surface area (Å²) in [6, 6.07) is 0.315. The zero-order chi connectivity index (χ0) is 19.2. The highest BCUT2D eigenvalue weighted by Crippen LogP contribution is 2.29. The number of rotatable bonds is 11. The van der Waals surface area contributed by atoms with Gasteiger partial charge in [-0.15, -0.1) is 0 Å². The highest BCUT2D eigenvalue weighted by Gasteiger charge is 2.49. The molecule has 24 heavy (non-hydrogen) atoms. The van der Waals surface area contributed by atoms with Gasteiger partial charge < -0.3 is 17.1 Å². The van der Waals surface area contributed by atoms with E-state index in [9.17, 15) is 4.79 Å². The third-order valence-electron chi connectivity index (χ3n) is 2.49. The van der Waals surface area contributed by atoms with Crippen molar-refractivity contribution >= 4 is 40.4 Å². The van der Waals surface area contributed by atoms with Crippen LogP contribution in [-0.2, 0) is 21.9 Å². The molecular formula is C15H36O5Si4. The molecule has 0 rings (SSSR count). The third kappa shape index (κ3) is 10.7. The summed E-state index contributed by atoms with van der Waals surface area (Å²) in [4.78, 5) is 12.2. The van der Waals surface area contributed by atoms with E-state index in [1.807, 2.05) is 6.92 Å². The molecule has 0 aliphatic carbocycles. The number of carbonyl (C=O) groups is 1. The lowest BCUT2D eigenvalue weighted by molar-refractivity contribution is -0.139. The van der Waals surface area contributed by atoms with E-state index in [2.05, 4.69) is 59.0 Å². The summed E-state index contributed by atoms with van der Waals surface area (Å²) in [6.45, 7) is 23.2. The van der Waals surface area contributed by atoms with Gasteiger partial charge in [0.1, 0.15) is 0 Å². The van der Waals surface area contributed by atoms with E-state index in [4.69, 9.17) is 17.1 Å². The van der Waals surface area contributed by atoms with Gasteiger partial charge in [0.05, 0.1) is 6.61 Å². The molecule has 0 amide bonds. The van der Waals surface area contributed by atoms with E-state index >= 15 is 0 Å². The van der Waals surface area contributed by atoms with Gasteiger partial charge in [-0.2, -0.15) is 0 Å². The van der Waals surface area contributed by atoms with Crippen LogP contribution in [0, 0.1) is 0 Å². The van der Waals surface area contributed by atoms with Crippen LogP contribution in [0.4, 0.5) is 0 Å². The molecule has 0 radical (unpaired) electrons. The van der Waals surface area contributed by atoms with Crippen molar-refractivity contribution < 1.29 is 21.9 Å². The smallest absolute Gasteiger partial charge is 0.462 e. The number of hydrogen-bond donors (Lipinski definition) is 0. The van der Waals surface area contributed by atoms with Crippen LogP contribution >= 0.6 is 0 Å². The molecule has 0 saturated heterocycles. The van der Waals surface area contributed by atoms with Crippen molar-refractivity contribution in [3.63, 3.8) is 0 Å². The quantitative estimate of drug-likeness (QED) is 0.292. The zero-order valence-electron chi connectivity index (χ0n) is 16.9. The fraction of sp³-hybridized carbons (Fsp3) is 0.800. The van der Waals surface area contributed by atoms with Crippen LogP contribution in [0.25, 0.3) is 0 Å². The Hall–Kier alpha value is -0.0425. The molecule has 0 aliphatic rings. The standard InChI is InChI=1S/C15H36O5Si4/c1-11-12-17-15(16)14(2)13-24(18-21(3)4,19-22(5,6)7)20-23(8,9)10/h21H,2,11-13H2,1,3-10H3. The minimum Gasteiger partial charge on any atom is -0.462 e. The highest BCUT2D eigenvalue weighted by molar-refractivity contribution is 6.88. The first-order chi connectivity index (χ1) is 10.7. The first-order valence-corrected chi connectivity index (χ1v) is 20.2. The van der Waals surface area contributed by atoms with Crippen LogP contribution in [0.3, 0.4) is 0 Å². The Bertz CT molecular complexity index is 411. The first-order valence-electron chi connectivity index (χ1n) is 8.63. The van der Waals surface area contributed by atoms with Crippen LogP contribution in [0.1, 0.15) is 13.3 Å². The lowest BCUT2D eigenvalue weighted by Gasteiger charge is -2.40. The molecule has 0 N–H and O–H groups in total. The highest BCUT2D eigenvalue weighted by atomic mass is 28.5. The Balaban J connectivity index is 5.53. The Labute approximate surface area is 153 Å². The van der Waals surface area contributed by atoms with Gasteiger partial charge in [0.2, 0.25) is 0 Å². The lowest BCUT2D eigenvalue weighted by atomic mass is 10.3. The predicted molar refractivity (Wildman–Crippen MR) is 110 cm³/mol. The van der Waals surface area contributed by atoms with E-state index < -0.39 is 34.5 Å². The summed E-state index contributed by atoms with van der Waals surface area (Å²) in [6.07, 6.45) is 0.786. The minimum absolute atomic E-state index is 0.315. The molecule has 0 fully saturated rings. The van der Waals surface area contributed by atoms with Crippen molar-refractivity contribution in [2.24, 2.45) is 0 Å². The molecule has 0 saturated carbocycles. The lowest BCUT2D eigenvalue weighted by Crippen LogP contribution is -2.58. The summed E-state index contributed by atoms with van der Waals surface area (Å²) in [5.41, 5.74) is 0.390. The maximum absolute atomic E-state index is 12.2. The molecular weight excluding hydrogens is 373 g/mol. The van der Waals surface area contributed by atoms with E-state index in [0.29, 0.717) is 18.2 Å². The number of carbonyl (C=O) groups excluding carboxylic acids is 1. The van der Waals surface area contributed by atoms with E-state index in [0.717, 1.165) is 6.42 Å². The van der Waals surface area contributed by atoms with E-state index in [1.54, 1.807) is 0 Å². The van der Waals surface area contributed by atoms with E-state index in [-0.39, 0.29) is 5.97 Å². The largest absolute Gasteiger partial charge is 0.474 e. The third-order valence-corrected chi connectivity index (χ3v) is 14.1. The molecule has 0 bridgehead atoms. The molecule has 0 heterocycles. The molecule has 0 aromatic rings. The predicted octanol–water partition coefficient (Wildman–Crippen LogP) is 4.14. The molecule has 0 aliphatic heterocycles. The fourth-order valence-electron chi connectivity index (χ4n) is 2.11. The molecule has 0 unspecified atom stereocenters. The second-order valence-electron chi connectivity index (χ2n) is 8.19. The van der Waals surface area contributed by atoms with Gasteiger partial charge in [0, 0.05) is 11.6 Å². The van der Waals surface area contributed by atoms with Gasteiger partial charge in [0.15, 0.2) is 25.7 Å². The normalized spacial score (nSPS) is 13.2. The second-order valence-corrected chi connectivity index (χ2v) is 23.0. The van der Waals surface area contributed by atoms with Crippen LogP contribution in [0.15, 0.2) is 12.2 Å². The first kappa shape index (κ1) is 24.0. The fourth-order valence-corrected chi connectivity index (χ4v) is 15.8. The maximum Gasteiger partial charge on any atom is 0.474 e. The number of esters is 1. The Morgan fingerprint density at radius 3 is 1.79 bits per heavy atom. The molecule has 0 aromatic heterocycles. The van der Waals surface area contributed by atoms with Crippen molar-refractivity contribution in [3.8, 4) is 0 Å². The summed E-state index contributed by atoms with van der Waals surface area (Å²) >= 11 is 0. The molecule has 0 atom stereocenters. The Kier molecular flexibility index (Phi) is 9.58. The van der Waals surface area contributed by atoms with Crippen molar-refractivity contribution in [3.05, 3.63) is 12.2 Å². The van der Waals surface area contributed by atoms with Gasteiger partial charge in [-0.05, 0) is 58.8 Å². The average molecular weight is 409 g/mol. The van der Waals surface area contributed by atoms with E-state index in [1.165, 1.54) is 0 Å². The maximum atomic E-state index is 12.2. The summed E-state index contributed by atoms with van der Waals surface area (Å²) in [5, 5.41) is 0. The average Bonchev–Trinajstić information content (AvgIpc) is 2.29. The van der Waals surface area contributed by atoms with Crippen molar-refractivity contribution in [1.82, 2.24) is 0 Å². The molecule has 9 heteroatoms. The van der Waals surface area contributed by atoms with Crippen LogP contribution in [-0.4, -0.2) is 47.1 Å². The monoisotopic (exact) mass is 408 g/mol. The topological polar surface area (TPSA) is 54.0 Å². The van der Waals surface area contributed by atoms with Gasteiger partial charge in [-0.3, -0.25) is 0 Å². The van der Waals surface area contributed by atoms with Crippen molar-refractivity contribution in [1.29, 1.82) is 0 Å². The molecule has 142 valence electrons.